The van der Waals surface area contributed by atoms with Crippen LogP contribution in [0.2, 0.25) is 0 Å². The van der Waals surface area contributed by atoms with Gasteiger partial charge in [-0.05, 0) is 73.4 Å². The van der Waals surface area contributed by atoms with Crippen LogP contribution in [0.5, 0.6) is 11.8 Å². The Morgan fingerprint density at radius 3 is 2.89 bits per heavy atom. The molecule has 5 aromatic rings. The minimum Gasteiger partial charge on any atom is -0.488 e. The van der Waals surface area contributed by atoms with Crippen LogP contribution in [0.15, 0.2) is 64.0 Å². The van der Waals surface area contributed by atoms with Gasteiger partial charge in [0.1, 0.15) is 17.9 Å². The molecule has 0 saturated heterocycles. The summed E-state index contributed by atoms with van der Waals surface area (Å²) in [5.41, 5.74) is 7.96. The monoisotopic (exact) mass is 481 g/mol. The molecular formula is C27H23N5O4. The van der Waals surface area contributed by atoms with Gasteiger partial charge in [0, 0.05) is 17.3 Å². The van der Waals surface area contributed by atoms with E-state index in [0.29, 0.717) is 30.7 Å². The van der Waals surface area contributed by atoms with Crippen molar-refractivity contribution in [3.63, 3.8) is 0 Å². The summed E-state index contributed by atoms with van der Waals surface area (Å²) in [6.07, 6.45) is 1.74. The Kier molecular flexibility index (Phi) is 5.18. The molecule has 0 atom stereocenters. The van der Waals surface area contributed by atoms with Crippen LogP contribution in [0.1, 0.15) is 41.9 Å². The van der Waals surface area contributed by atoms with Crippen molar-refractivity contribution in [3.8, 4) is 17.4 Å². The molecular weight excluding hydrogens is 458 g/mol. The molecule has 9 heteroatoms. The fourth-order valence-electron chi connectivity index (χ4n) is 4.70. The van der Waals surface area contributed by atoms with Gasteiger partial charge >= 0.3 is 11.8 Å². The average Bonchev–Trinajstić information content (AvgIpc) is 3.43. The summed E-state index contributed by atoms with van der Waals surface area (Å²) < 4.78 is 18.9. The summed E-state index contributed by atoms with van der Waals surface area (Å²) in [5, 5.41) is 3.94. The second-order valence-corrected chi connectivity index (χ2v) is 8.53. The second-order valence-electron chi connectivity index (χ2n) is 8.53. The van der Waals surface area contributed by atoms with Gasteiger partial charge in [-0.2, -0.15) is 4.98 Å². The largest absolute Gasteiger partial charge is 0.488 e. The number of ether oxygens (including phenoxy) is 2. The molecule has 0 bridgehead atoms. The lowest BCUT2D eigenvalue weighted by Crippen LogP contribution is -2.05. The van der Waals surface area contributed by atoms with Gasteiger partial charge in [-0.3, -0.25) is 9.51 Å². The zero-order chi connectivity index (χ0) is 24.8. The second kappa shape index (κ2) is 8.53. The highest BCUT2D eigenvalue weighted by atomic mass is 16.5. The highest BCUT2D eigenvalue weighted by molar-refractivity contribution is 6.00. The number of nitrogens with one attached hydrogen (secondary N) is 1. The van der Waals surface area contributed by atoms with E-state index in [2.05, 4.69) is 32.2 Å². The maximum absolute atomic E-state index is 11.7. The van der Waals surface area contributed by atoms with Crippen molar-refractivity contribution in [1.82, 2.24) is 24.7 Å². The molecule has 0 fully saturated rings. The van der Waals surface area contributed by atoms with E-state index >= 15 is 0 Å². The number of H-pyrrole nitrogens is 1. The summed E-state index contributed by atoms with van der Waals surface area (Å²) in [7, 11) is 0. The minimum absolute atomic E-state index is 0.357. The van der Waals surface area contributed by atoms with E-state index in [1.54, 1.807) is 6.20 Å². The van der Waals surface area contributed by atoms with Gasteiger partial charge < -0.3 is 9.47 Å². The number of pyridine rings is 1. The smallest absolute Gasteiger partial charge is 0.439 e. The Morgan fingerprint density at radius 2 is 2.08 bits per heavy atom. The first-order chi connectivity index (χ1) is 17.5. The van der Waals surface area contributed by atoms with Gasteiger partial charge in [-0.15, -0.1) is 0 Å². The maximum atomic E-state index is 11.7. The highest BCUT2D eigenvalue weighted by Gasteiger charge is 2.25. The summed E-state index contributed by atoms with van der Waals surface area (Å²) in [4.78, 5) is 23.6. The van der Waals surface area contributed by atoms with E-state index in [4.69, 9.17) is 14.0 Å². The number of aromatic amines is 1. The number of rotatable bonds is 4. The Hall–Kier alpha value is -4.66. The molecule has 0 saturated carbocycles. The molecule has 2 aromatic carbocycles. The Bertz CT molecular complexity index is 1710. The number of aryl methyl sites for hydroxylation is 1. The summed E-state index contributed by atoms with van der Waals surface area (Å²) in [6.45, 7) is 6.72. The highest BCUT2D eigenvalue weighted by Crippen LogP contribution is 2.42. The molecule has 1 aliphatic heterocycles. The van der Waals surface area contributed by atoms with Crippen LogP contribution in [0.4, 0.5) is 0 Å². The summed E-state index contributed by atoms with van der Waals surface area (Å²) in [5.74, 6) is 0.542. The molecule has 0 aliphatic carbocycles. The van der Waals surface area contributed by atoms with E-state index in [9.17, 15) is 4.79 Å². The van der Waals surface area contributed by atoms with E-state index in [1.807, 2.05) is 61.7 Å². The fourth-order valence-corrected chi connectivity index (χ4v) is 4.70. The van der Waals surface area contributed by atoms with Gasteiger partial charge in [0.05, 0.1) is 12.3 Å². The molecule has 4 heterocycles. The topological polar surface area (TPSA) is 108 Å². The SMILES string of the molecule is CCOc1nc2cccnc2n1-c1ccc2c(c1)COc1cccc(C)c1/C2=C(/C)c1noc(=O)[nH]1. The van der Waals surface area contributed by atoms with Gasteiger partial charge in [0.15, 0.2) is 11.5 Å². The van der Waals surface area contributed by atoms with Crippen molar-refractivity contribution < 1.29 is 14.0 Å². The lowest BCUT2D eigenvalue weighted by molar-refractivity contribution is 0.305. The quantitative estimate of drug-likeness (QED) is 0.397. The third kappa shape index (κ3) is 3.48. The predicted octanol–water partition coefficient (Wildman–Crippen LogP) is 4.68. The van der Waals surface area contributed by atoms with Crippen molar-refractivity contribution in [2.75, 3.05) is 6.61 Å². The minimum atomic E-state index is -0.599. The number of hydrogen-bond donors (Lipinski definition) is 1. The van der Waals surface area contributed by atoms with Gasteiger partial charge in [-0.25, -0.2) is 14.3 Å². The standard InChI is InChI=1S/C27H23N5O4/c1-4-34-26-29-20-8-6-12-28-25(20)32(26)18-10-11-19-17(13-18)14-35-21-9-5-7-15(2)22(21)23(19)16(3)24-30-27(33)36-31-24/h5-13H,4,14H2,1-3H3,(H,30,31,33)/b23-16-. The molecule has 0 unspecified atom stereocenters. The van der Waals surface area contributed by atoms with Crippen LogP contribution in [0, 0.1) is 6.92 Å². The van der Waals surface area contributed by atoms with E-state index in [1.165, 1.54) is 0 Å². The van der Waals surface area contributed by atoms with Gasteiger partial charge in [0.2, 0.25) is 0 Å². The number of imidazole rings is 1. The molecule has 9 nitrogen and oxygen atoms in total. The molecule has 6 rings (SSSR count). The summed E-state index contributed by atoms with van der Waals surface area (Å²) in [6, 6.07) is 16.3. The van der Waals surface area contributed by atoms with Crippen molar-refractivity contribution in [2.45, 2.75) is 27.4 Å². The third-order valence-electron chi connectivity index (χ3n) is 6.31. The van der Waals surface area contributed by atoms with Crippen LogP contribution in [-0.2, 0) is 6.61 Å². The van der Waals surface area contributed by atoms with Crippen molar-refractivity contribution in [2.24, 2.45) is 0 Å². The average molecular weight is 482 g/mol. The molecule has 180 valence electrons. The molecule has 1 aliphatic rings. The van der Waals surface area contributed by atoms with Crippen molar-refractivity contribution >= 4 is 22.3 Å². The van der Waals surface area contributed by atoms with Crippen LogP contribution in [-0.4, -0.2) is 31.3 Å². The first-order valence-corrected chi connectivity index (χ1v) is 11.6. The van der Waals surface area contributed by atoms with E-state index in [0.717, 1.165) is 50.4 Å². The number of benzene rings is 2. The number of nitrogens with zero attached hydrogens (tertiary/aromatic N) is 4. The zero-order valence-corrected chi connectivity index (χ0v) is 20.0. The third-order valence-corrected chi connectivity index (χ3v) is 6.31. The van der Waals surface area contributed by atoms with Crippen LogP contribution < -0.4 is 15.2 Å². The van der Waals surface area contributed by atoms with E-state index < -0.39 is 5.76 Å². The van der Waals surface area contributed by atoms with Crippen LogP contribution >= 0.6 is 0 Å². The molecule has 0 spiro atoms. The van der Waals surface area contributed by atoms with Crippen molar-refractivity contribution in [1.29, 1.82) is 0 Å². The van der Waals surface area contributed by atoms with Gasteiger partial charge in [-0.1, -0.05) is 23.4 Å². The van der Waals surface area contributed by atoms with Crippen molar-refractivity contribution in [3.05, 3.63) is 93.4 Å². The Labute approximate surface area is 206 Å². The predicted molar refractivity (Wildman–Crippen MR) is 134 cm³/mol. The molecule has 1 N–H and O–H groups in total. The molecule has 36 heavy (non-hydrogen) atoms. The number of fused-ring (bicyclic) bond motifs is 3. The summed E-state index contributed by atoms with van der Waals surface area (Å²) >= 11 is 0. The van der Waals surface area contributed by atoms with Crippen LogP contribution in [0.3, 0.4) is 0 Å². The normalized spacial score (nSPS) is 14.1. The number of hydrogen-bond acceptors (Lipinski definition) is 7. The van der Waals surface area contributed by atoms with Crippen LogP contribution in [0.25, 0.3) is 28.0 Å². The molecule has 3 aromatic heterocycles. The number of allylic oxidation sites excluding steroid dienone is 1. The first-order valence-electron chi connectivity index (χ1n) is 11.6. The van der Waals surface area contributed by atoms with E-state index in [-0.39, 0.29) is 0 Å². The molecule has 0 amide bonds. The zero-order valence-electron chi connectivity index (χ0n) is 20.0. The first kappa shape index (κ1) is 21.8. The fraction of sp³-hybridized carbons (Fsp3) is 0.185. The molecule has 0 radical (unpaired) electrons. The van der Waals surface area contributed by atoms with Gasteiger partial charge in [0.25, 0.3) is 0 Å². The Balaban J connectivity index is 1.60. The lowest BCUT2D eigenvalue weighted by Gasteiger charge is -2.16. The Morgan fingerprint density at radius 1 is 1.19 bits per heavy atom. The lowest BCUT2D eigenvalue weighted by atomic mass is 9.88. The maximum Gasteiger partial charge on any atom is 0.439 e. The number of aromatic nitrogens is 5.